The van der Waals surface area contributed by atoms with E-state index >= 15 is 0 Å². The second-order valence-corrected chi connectivity index (χ2v) is 12.5. The van der Waals surface area contributed by atoms with Gasteiger partial charge in [-0.25, -0.2) is 19.2 Å². The van der Waals surface area contributed by atoms with Crippen LogP contribution < -0.4 is 14.2 Å². The van der Waals surface area contributed by atoms with Crippen molar-refractivity contribution in [3.63, 3.8) is 0 Å². The lowest BCUT2D eigenvalue weighted by atomic mass is 10.0. The number of benzene rings is 4. The Morgan fingerprint density at radius 3 is 1.78 bits per heavy atom. The average molecular weight is 783 g/mol. The number of carbonyl (C=O) groups is 4. The largest absolute Gasteiger partial charge is 0.490 e. The summed E-state index contributed by atoms with van der Waals surface area (Å²) in [5, 5.41) is 0. The number of rotatable bonds is 12. The predicted octanol–water partition coefficient (Wildman–Crippen LogP) is 8.67. The first-order valence-electron chi connectivity index (χ1n) is 17.8. The first kappa shape index (κ1) is 43.4. The summed E-state index contributed by atoms with van der Waals surface area (Å²) in [6, 6.07) is 24.4. The number of ether oxygens (including phenoxy) is 5. The van der Waals surface area contributed by atoms with E-state index in [2.05, 4.69) is 62.0 Å². The molecule has 0 heterocycles. The van der Waals surface area contributed by atoms with Gasteiger partial charge in [0.15, 0.2) is 0 Å². The average Bonchev–Trinajstić information content (AvgIpc) is 3.22. The van der Waals surface area contributed by atoms with Gasteiger partial charge in [0.25, 0.3) is 0 Å². The van der Waals surface area contributed by atoms with Crippen molar-refractivity contribution in [2.75, 3.05) is 6.61 Å². The Labute approximate surface area is 343 Å². The van der Waals surface area contributed by atoms with E-state index in [1.807, 2.05) is 36.4 Å². The maximum Gasteiger partial charge on any atom is 0.347 e. The minimum absolute atomic E-state index is 0.105. The SMILES string of the molecule is C=CC(=O)Oc1ccc(C#Cc2c(/C=C/OC(=O)C(=C)C)cc(C#Cc3ccc(/C=C/COc4ccc(C#COC(=O)C(=C)C)cc4)cc3)cc2OC(=O)C(=C)C)cc1. The molecule has 0 N–H and O–H groups in total. The molecule has 0 saturated carbocycles. The van der Waals surface area contributed by atoms with E-state index in [1.54, 1.807) is 67.6 Å². The van der Waals surface area contributed by atoms with Crippen LogP contribution in [0.25, 0.3) is 12.2 Å². The molecule has 292 valence electrons. The topological polar surface area (TPSA) is 114 Å². The van der Waals surface area contributed by atoms with Crippen molar-refractivity contribution in [1.82, 2.24) is 0 Å². The predicted molar refractivity (Wildman–Crippen MR) is 226 cm³/mol. The molecule has 0 aromatic heterocycles. The summed E-state index contributed by atoms with van der Waals surface area (Å²) >= 11 is 0. The molecule has 4 aromatic carbocycles. The van der Waals surface area contributed by atoms with E-state index in [-0.39, 0.29) is 22.5 Å². The van der Waals surface area contributed by atoms with E-state index in [0.29, 0.717) is 45.9 Å². The van der Waals surface area contributed by atoms with E-state index < -0.39 is 23.9 Å². The van der Waals surface area contributed by atoms with Gasteiger partial charge in [0.2, 0.25) is 0 Å². The molecule has 4 aromatic rings. The molecule has 0 amide bonds. The van der Waals surface area contributed by atoms with Gasteiger partial charge < -0.3 is 23.7 Å². The van der Waals surface area contributed by atoms with Crippen molar-refractivity contribution in [3.05, 3.63) is 185 Å². The Hall–Kier alpha value is -8.32. The Balaban J connectivity index is 1.54. The molecule has 9 nitrogen and oxygen atoms in total. The smallest absolute Gasteiger partial charge is 0.347 e. The summed E-state index contributed by atoms with van der Waals surface area (Å²) in [5.41, 5.74) is 4.74. The van der Waals surface area contributed by atoms with Gasteiger partial charge in [0, 0.05) is 45.0 Å². The summed E-state index contributed by atoms with van der Waals surface area (Å²) in [4.78, 5) is 47.9. The lowest BCUT2D eigenvalue weighted by Gasteiger charge is -2.10. The maximum absolute atomic E-state index is 12.8. The molecule has 0 aliphatic carbocycles. The second-order valence-electron chi connectivity index (χ2n) is 12.5. The van der Waals surface area contributed by atoms with Crippen LogP contribution in [0.5, 0.6) is 17.2 Å². The lowest BCUT2D eigenvalue weighted by Crippen LogP contribution is -2.10. The summed E-state index contributed by atoms with van der Waals surface area (Å²) in [5.74, 6) is 13.7. The van der Waals surface area contributed by atoms with E-state index in [1.165, 1.54) is 26.2 Å². The number of hydrogen-bond acceptors (Lipinski definition) is 9. The fourth-order valence-electron chi connectivity index (χ4n) is 4.41. The Kier molecular flexibility index (Phi) is 16.0. The Morgan fingerprint density at radius 2 is 1.17 bits per heavy atom. The third-order valence-corrected chi connectivity index (χ3v) is 7.49. The van der Waals surface area contributed by atoms with Crippen LogP contribution in [0.4, 0.5) is 0 Å². The molecule has 0 aliphatic heterocycles. The van der Waals surface area contributed by atoms with Gasteiger partial charge in [-0.05, 0) is 123 Å². The third-order valence-electron chi connectivity index (χ3n) is 7.49. The van der Waals surface area contributed by atoms with Gasteiger partial charge in [0.05, 0.1) is 11.8 Å². The lowest BCUT2D eigenvalue weighted by molar-refractivity contribution is -0.134. The van der Waals surface area contributed by atoms with Crippen LogP contribution in [-0.2, 0) is 28.7 Å². The van der Waals surface area contributed by atoms with Crippen LogP contribution in [0, 0.1) is 35.7 Å². The summed E-state index contributed by atoms with van der Waals surface area (Å²) in [6.45, 7) is 19.1. The highest BCUT2D eigenvalue weighted by atomic mass is 16.5. The Morgan fingerprint density at radius 1 is 0.610 bits per heavy atom. The quantitative estimate of drug-likeness (QED) is 0.0458. The molecule has 0 saturated heterocycles. The molecular weight excluding hydrogens is 745 g/mol. The van der Waals surface area contributed by atoms with Gasteiger partial charge in [-0.2, -0.15) is 0 Å². The van der Waals surface area contributed by atoms with Gasteiger partial charge in [0.1, 0.15) is 30.0 Å². The fourth-order valence-corrected chi connectivity index (χ4v) is 4.41. The molecule has 0 unspecified atom stereocenters. The second kappa shape index (κ2) is 21.7. The first-order chi connectivity index (χ1) is 28.3. The normalized spacial score (nSPS) is 10.0. The highest BCUT2D eigenvalue weighted by Crippen LogP contribution is 2.27. The Bertz CT molecular complexity index is 2550. The minimum atomic E-state index is -0.673. The number of carbonyl (C=O) groups excluding carboxylic acids is 4. The standard InChI is InChI=1S/C50H38O9/c1-8-47(51)58-44-24-19-39(20-25-44)21-26-45-42(28-31-57-49(53)35(4)5)32-41(33-46(45)59-50(54)36(6)7)16-15-38-13-11-37(12-14-38)10-9-29-55-43-22-17-40(18-23-43)27-30-56-48(52)34(2)3/h8-14,17-20,22-25,28,31-33H,1-2,4,6,29H2,3,5,7H3/b10-9+,31-28+. The molecule has 0 fully saturated rings. The van der Waals surface area contributed by atoms with Gasteiger partial charge in [-0.15, -0.1) is 0 Å². The number of esters is 4. The van der Waals surface area contributed by atoms with Crippen LogP contribution in [0.15, 0.2) is 146 Å². The van der Waals surface area contributed by atoms with Crippen molar-refractivity contribution in [2.24, 2.45) is 0 Å². The highest BCUT2D eigenvalue weighted by Gasteiger charge is 2.14. The van der Waals surface area contributed by atoms with Crippen molar-refractivity contribution in [3.8, 4) is 53.0 Å². The molecule has 0 bridgehead atoms. The van der Waals surface area contributed by atoms with Crippen LogP contribution >= 0.6 is 0 Å². The van der Waals surface area contributed by atoms with E-state index in [0.717, 1.165) is 17.2 Å². The van der Waals surface area contributed by atoms with Crippen molar-refractivity contribution < 1.29 is 42.9 Å². The van der Waals surface area contributed by atoms with Gasteiger partial charge in [-0.1, -0.05) is 68.2 Å². The van der Waals surface area contributed by atoms with E-state index in [4.69, 9.17) is 23.7 Å². The first-order valence-corrected chi connectivity index (χ1v) is 17.8. The zero-order valence-corrected chi connectivity index (χ0v) is 32.7. The zero-order valence-electron chi connectivity index (χ0n) is 32.7. The fraction of sp³-hybridized carbons (Fsp3) is 0.0800. The molecular formula is C50H38O9. The van der Waals surface area contributed by atoms with Crippen LogP contribution in [0.1, 0.15) is 59.7 Å². The van der Waals surface area contributed by atoms with Crippen molar-refractivity contribution in [1.29, 1.82) is 0 Å². The third kappa shape index (κ3) is 14.4. The molecule has 0 spiro atoms. The van der Waals surface area contributed by atoms with Gasteiger partial charge >= 0.3 is 23.9 Å². The maximum atomic E-state index is 12.8. The monoisotopic (exact) mass is 782 g/mol. The summed E-state index contributed by atoms with van der Waals surface area (Å²) < 4.78 is 26.6. The molecule has 0 radical (unpaired) electrons. The number of hydrogen-bond donors (Lipinski definition) is 0. The van der Waals surface area contributed by atoms with Gasteiger partial charge in [-0.3, -0.25) is 0 Å². The van der Waals surface area contributed by atoms with Crippen LogP contribution in [0.3, 0.4) is 0 Å². The molecule has 59 heavy (non-hydrogen) atoms. The molecule has 4 rings (SSSR count). The zero-order chi connectivity index (χ0) is 42.7. The molecule has 0 aliphatic rings. The van der Waals surface area contributed by atoms with E-state index in [9.17, 15) is 19.2 Å². The highest BCUT2D eigenvalue weighted by molar-refractivity contribution is 5.90. The van der Waals surface area contributed by atoms with Crippen molar-refractivity contribution in [2.45, 2.75) is 20.8 Å². The van der Waals surface area contributed by atoms with Crippen LogP contribution in [-0.4, -0.2) is 30.5 Å². The minimum Gasteiger partial charge on any atom is -0.490 e. The van der Waals surface area contributed by atoms with Crippen molar-refractivity contribution >= 4 is 36.0 Å². The van der Waals surface area contributed by atoms with Crippen LogP contribution in [0.2, 0.25) is 0 Å². The summed E-state index contributed by atoms with van der Waals surface area (Å²) in [6.07, 6.45) is 9.92. The summed E-state index contributed by atoms with van der Waals surface area (Å²) in [7, 11) is 0. The molecule has 9 heteroatoms. The molecule has 0 atom stereocenters.